The highest BCUT2D eigenvalue weighted by molar-refractivity contribution is 7.92. The lowest BCUT2D eigenvalue weighted by Crippen LogP contribution is -2.42. The van der Waals surface area contributed by atoms with E-state index in [-0.39, 0.29) is 5.56 Å². The molecule has 3 nitrogen and oxygen atoms in total. The smallest absolute Gasteiger partial charge is 0.154 e. The monoisotopic (exact) mass is 259 g/mol. The first kappa shape index (κ1) is 14.1. The molecule has 0 spiro atoms. The Morgan fingerprint density at radius 2 is 1.88 bits per heavy atom. The molecule has 1 atom stereocenters. The summed E-state index contributed by atoms with van der Waals surface area (Å²) >= 11 is 0. The predicted octanol–water partition coefficient (Wildman–Crippen LogP) is 1.96. The van der Waals surface area contributed by atoms with Crippen LogP contribution in [-0.2, 0) is 9.84 Å². The summed E-state index contributed by atoms with van der Waals surface area (Å²) in [7, 11) is -3.37. The van der Waals surface area contributed by atoms with Gasteiger partial charge in [-0.1, -0.05) is 17.7 Å². The molecule has 1 aromatic carbocycles. The van der Waals surface area contributed by atoms with Gasteiger partial charge in [-0.15, -0.1) is 0 Å². The Balaban J connectivity index is 3.30. The van der Waals surface area contributed by atoms with E-state index in [1.165, 1.54) is 19.9 Å². The number of hydrogen-bond acceptors (Lipinski definition) is 3. The Labute approximate surface area is 102 Å². The highest BCUT2D eigenvalue weighted by Gasteiger charge is 2.38. The van der Waals surface area contributed by atoms with E-state index in [0.717, 1.165) is 11.8 Å². The van der Waals surface area contributed by atoms with Crippen molar-refractivity contribution < 1.29 is 12.8 Å². The zero-order valence-corrected chi connectivity index (χ0v) is 11.3. The van der Waals surface area contributed by atoms with Crippen molar-refractivity contribution in [1.82, 2.24) is 0 Å². The van der Waals surface area contributed by atoms with Gasteiger partial charge in [-0.05, 0) is 26.8 Å². The second-order valence-corrected chi connectivity index (χ2v) is 7.47. The maximum atomic E-state index is 13.7. The van der Waals surface area contributed by atoms with Crippen LogP contribution in [0.1, 0.15) is 31.0 Å². The molecule has 0 aliphatic carbocycles. The molecule has 0 amide bonds. The number of benzene rings is 1. The van der Waals surface area contributed by atoms with E-state index in [2.05, 4.69) is 0 Å². The molecule has 0 aliphatic rings. The number of rotatable bonds is 3. The fourth-order valence-electron chi connectivity index (χ4n) is 1.51. The van der Waals surface area contributed by atoms with E-state index in [1.54, 1.807) is 12.1 Å². The summed E-state index contributed by atoms with van der Waals surface area (Å²) in [6.07, 6.45) is 1.11. The van der Waals surface area contributed by atoms with E-state index in [9.17, 15) is 12.8 Å². The van der Waals surface area contributed by atoms with Crippen LogP contribution in [-0.4, -0.2) is 19.4 Å². The Morgan fingerprint density at radius 1 is 1.35 bits per heavy atom. The third-order valence-electron chi connectivity index (χ3n) is 3.19. The minimum absolute atomic E-state index is 0.237. The summed E-state index contributed by atoms with van der Waals surface area (Å²) in [6, 6.07) is 3.63. The molecule has 0 aliphatic heterocycles. The topological polar surface area (TPSA) is 60.2 Å². The van der Waals surface area contributed by atoms with Gasteiger partial charge in [0.1, 0.15) is 5.82 Å². The largest absolute Gasteiger partial charge is 0.323 e. The van der Waals surface area contributed by atoms with E-state index in [1.807, 2.05) is 6.92 Å². The Hall–Kier alpha value is -0.940. The van der Waals surface area contributed by atoms with E-state index < -0.39 is 26.4 Å². The summed E-state index contributed by atoms with van der Waals surface area (Å²) in [6.45, 7) is 4.83. The van der Waals surface area contributed by atoms with Crippen LogP contribution < -0.4 is 5.73 Å². The van der Waals surface area contributed by atoms with Crippen LogP contribution in [0, 0.1) is 12.7 Å². The van der Waals surface area contributed by atoms with Crippen molar-refractivity contribution >= 4 is 9.84 Å². The molecule has 0 heterocycles. The van der Waals surface area contributed by atoms with Gasteiger partial charge < -0.3 is 5.73 Å². The van der Waals surface area contributed by atoms with Crippen molar-refractivity contribution in [2.45, 2.75) is 31.6 Å². The number of aryl methyl sites for hydroxylation is 1. The maximum absolute atomic E-state index is 13.7. The van der Waals surface area contributed by atoms with Crippen LogP contribution in [0.15, 0.2) is 18.2 Å². The van der Waals surface area contributed by atoms with Gasteiger partial charge in [-0.25, -0.2) is 12.8 Å². The van der Waals surface area contributed by atoms with Gasteiger partial charge in [-0.3, -0.25) is 0 Å². The van der Waals surface area contributed by atoms with Crippen molar-refractivity contribution in [3.8, 4) is 0 Å². The zero-order chi connectivity index (χ0) is 13.4. The predicted molar refractivity (Wildman–Crippen MR) is 67.0 cm³/mol. The van der Waals surface area contributed by atoms with E-state index >= 15 is 0 Å². The molecule has 5 heteroatoms. The van der Waals surface area contributed by atoms with Gasteiger partial charge in [0, 0.05) is 11.8 Å². The summed E-state index contributed by atoms with van der Waals surface area (Å²) in [5, 5.41) is 0. The fourth-order valence-corrected chi connectivity index (χ4v) is 2.09. The maximum Gasteiger partial charge on any atom is 0.154 e. The first-order valence-corrected chi connectivity index (χ1v) is 7.17. The highest BCUT2D eigenvalue weighted by Crippen LogP contribution is 2.31. The molecule has 1 rings (SSSR count). The minimum Gasteiger partial charge on any atom is -0.323 e. The minimum atomic E-state index is -3.37. The highest BCUT2D eigenvalue weighted by atomic mass is 32.2. The molecule has 17 heavy (non-hydrogen) atoms. The van der Waals surface area contributed by atoms with Crippen LogP contribution in [0.3, 0.4) is 0 Å². The van der Waals surface area contributed by atoms with Crippen LogP contribution in [0.25, 0.3) is 0 Å². The standard InChI is InChI=1S/C12H18FNO2S/c1-8-5-6-10(13)9(7-8)11(14)12(2,3)17(4,15)16/h5-7,11H,14H2,1-4H3. The lowest BCUT2D eigenvalue weighted by atomic mass is 9.94. The van der Waals surface area contributed by atoms with E-state index in [4.69, 9.17) is 5.73 Å². The van der Waals surface area contributed by atoms with Crippen molar-refractivity contribution in [1.29, 1.82) is 0 Å². The van der Waals surface area contributed by atoms with Crippen molar-refractivity contribution in [3.05, 3.63) is 35.1 Å². The molecule has 0 bridgehead atoms. The third-order valence-corrected chi connectivity index (χ3v) is 5.36. The lowest BCUT2D eigenvalue weighted by Gasteiger charge is -2.30. The first-order chi connectivity index (χ1) is 7.57. The SMILES string of the molecule is Cc1ccc(F)c(C(N)C(C)(C)S(C)(=O)=O)c1. The normalized spacial score (nSPS) is 14.7. The second kappa shape index (κ2) is 4.38. The molecular formula is C12H18FNO2S. The van der Waals surface area contributed by atoms with Crippen LogP contribution in [0.5, 0.6) is 0 Å². The zero-order valence-electron chi connectivity index (χ0n) is 10.5. The lowest BCUT2D eigenvalue weighted by molar-refractivity contribution is 0.478. The number of sulfone groups is 1. The Bertz CT molecular complexity index is 523. The van der Waals surface area contributed by atoms with Gasteiger partial charge in [0.05, 0.1) is 10.8 Å². The first-order valence-electron chi connectivity index (χ1n) is 5.28. The number of nitrogens with two attached hydrogens (primary N) is 1. The quantitative estimate of drug-likeness (QED) is 0.902. The molecule has 0 saturated heterocycles. The summed E-state index contributed by atoms with van der Waals surface area (Å²) < 4.78 is 35.8. The Kier molecular flexibility index (Phi) is 3.64. The van der Waals surface area contributed by atoms with Gasteiger partial charge in [0.25, 0.3) is 0 Å². The van der Waals surface area contributed by atoms with Crippen LogP contribution >= 0.6 is 0 Å². The molecule has 0 aromatic heterocycles. The van der Waals surface area contributed by atoms with Gasteiger partial charge in [-0.2, -0.15) is 0 Å². The van der Waals surface area contributed by atoms with Crippen molar-refractivity contribution in [2.75, 3.05) is 6.26 Å². The number of hydrogen-bond donors (Lipinski definition) is 1. The van der Waals surface area contributed by atoms with Gasteiger partial charge >= 0.3 is 0 Å². The Morgan fingerprint density at radius 3 is 2.35 bits per heavy atom. The fraction of sp³-hybridized carbons (Fsp3) is 0.500. The van der Waals surface area contributed by atoms with Crippen LogP contribution in [0.2, 0.25) is 0 Å². The number of halogens is 1. The molecule has 0 saturated carbocycles. The average Bonchev–Trinajstić information content (AvgIpc) is 2.19. The summed E-state index contributed by atoms with van der Waals surface area (Å²) in [4.78, 5) is 0. The molecule has 0 fully saturated rings. The molecule has 2 N–H and O–H groups in total. The molecular weight excluding hydrogens is 241 g/mol. The van der Waals surface area contributed by atoms with Crippen LogP contribution in [0.4, 0.5) is 4.39 Å². The molecule has 1 unspecified atom stereocenters. The van der Waals surface area contributed by atoms with Gasteiger partial charge in [0.15, 0.2) is 9.84 Å². The third kappa shape index (κ3) is 2.66. The second-order valence-electron chi connectivity index (χ2n) is 4.88. The molecule has 96 valence electrons. The van der Waals surface area contributed by atoms with Crippen molar-refractivity contribution in [2.24, 2.45) is 5.73 Å². The van der Waals surface area contributed by atoms with E-state index in [0.29, 0.717) is 0 Å². The van der Waals surface area contributed by atoms with Crippen molar-refractivity contribution in [3.63, 3.8) is 0 Å². The summed E-state index contributed by atoms with van der Waals surface area (Å²) in [5.41, 5.74) is 6.99. The van der Waals surface area contributed by atoms with Gasteiger partial charge in [0.2, 0.25) is 0 Å². The molecule has 0 radical (unpaired) electrons. The average molecular weight is 259 g/mol. The molecule has 1 aromatic rings. The summed E-state index contributed by atoms with van der Waals surface area (Å²) in [5.74, 6) is -0.472.